The number of likely N-dealkylation sites (tertiary alicyclic amines) is 1. The highest BCUT2D eigenvalue weighted by Crippen LogP contribution is 2.20. The summed E-state index contributed by atoms with van der Waals surface area (Å²) < 4.78 is 2.01. The molecule has 2 heterocycles. The minimum Gasteiger partial charge on any atom is -0.342 e. The molecule has 0 bridgehead atoms. The summed E-state index contributed by atoms with van der Waals surface area (Å²) >= 11 is 1.49. The molecule has 0 aromatic carbocycles. The summed E-state index contributed by atoms with van der Waals surface area (Å²) in [6.07, 6.45) is 7.82. The maximum absolute atomic E-state index is 12.3. The van der Waals surface area contributed by atoms with Gasteiger partial charge in [-0.25, -0.2) is 0 Å². The Labute approximate surface area is 125 Å². The molecule has 1 aliphatic heterocycles. The minimum atomic E-state index is 0.232. The van der Waals surface area contributed by atoms with Gasteiger partial charge in [-0.15, -0.1) is 10.2 Å². The molecule has 0 radical (unpaired) electrons. The van der Waals surface area contributed by atoms with Crippen LogP contribution in [0.5, 0.6) is 0 Å². The summed E-state index contributed by atoms with van der Waals surface area (Å²) in [5.41, 5.74) is 0. The molecule has 0 atom stereocenters. The molecule has 1 aromatic rings. The lowest BCUT2D eigenvalue weighted by molar-refractivity contribution is -0.128. The lowest BCUT2D eigenvalue weighted by Crippen LogP contribution is -2.35. The molecule has 0 saturated carbocycles. The van der Waals surface area contributed by atoms with Gasteiger partial charge >= 0.3 is 0 Å². The molecule has 2 rings (SSSR count). The van der Waals surface area contributed by atoms with E-state index in [4.69, 9.17) is 0 Å². The largest absolute Gasteiger partial charge is 0.342 e. The summed E-state index contributed by atoms with van der Waals surface area (Å²) in [5, 5.41) is 8.86. The Morgan fingerprint density at radius 3 is 2.55 bits per heavy atom. The number of amides is 1. The second-order valence-corrected chi connectivity index (χ2v) is 6.49. The van der Waals surface area contributed by atoms with Crippen molar-refractivity contribution in [1.29, 1.82) is 0 Å². The first-order valence-electron chi connectivity index (χ1n) is 7.48. The van der Waals surface area contributed by atoms with Gasteiger partial charge in [0.15, 0.2) is 5.16 Å². The van der Waals surface area contributed by atoms with Crippen LogP contribution in [0, 0.1) is 0 Å². The zero-order valence-corrected chi connectivity index (χ0v) is 13.2. The van der Waals surface area contributed by atoms with Crippen molar-refractivity contribution < 1.29 is 4.79 Å². The molecule has 1 aromatic heterocycles. The smallest absolute Gasteiger partial charge is 0.233 e. The van der Waals surface area contributed by atoms with E-state index in [1.54, 1.807) is 6.33 Å². The number of carbonyl (C=O) groups is 1. The number of carbonyl (C=O) groups excluding carboxylic acids is 1. The lowest BCUT2D eigenvalue weighted by atomic mass is 10.1. The summed E-state index contributed by atoms with van der Waals surface area (Å²) in [6.45, 7) is 6.01. The van der Waals surface area contributed by atoms with Gasteiger partial charge in [-0.1, -0.05) is 31.0 Å². The van der Waals surface area contributed by atoms with E-state index in [1.165, 1.54) is 31.0 Å². The van der Waals surface area contributed by atoms with Crippen LogP contribution in [0.2, 0.25) is 0 Å². The molecule has 1 fully saturated rings. The third kappa shape index (κ3) is 4.23. The molecule has 0 spiro atoms. The van der Waals surface area contributed by atoms with Crippen molar-refractivity contribution in [3.05, 3.63) is 6.33 Å². The number of hydrogen-bond acceptors (Lipinski definition) is 4. The highest BCUT2D eigenvalue weighted by atomic mass is 32.2. The van der Waals surface area contributed by atoms with Gasteiger partial charge in [0.05, 0.1) is 5.75 Å². The van der Waals surface area contributed by atoms with Crippen LogP contribution in [0.4, 0.5) is 0 Å². The van der Waals surface area contributed by atoms with Crippen LogP contribution < -0.4 is 0 Å². The van der Waals surface area contributed by atoms with Crippen LogP contribution in [0.1, 0.15) is 52.0 Å². The third-order valence-electron chi connectivity index (χ3n) is 3.63. The number of thioether (sulfide) groups is 1. The Hall–Kier alpha value is -1.04. The number of rotatable bonds is 4. The Kier molecular flexibility index (Phi) is 5.88. The van der Waals surface area contributed by atoms with E-state index in [1.807, 2.05) is 9.47 Å². The van der Waals surface area contributed by atoms with Crippen molar-refractivity contribution in [2.45, 2.75) is 57.1 Å². The molecular weight excluding hydrogens is 272 g/mol. The molecule has 5 nitrogen and oxygen atoms in total. The Bertz CT molecular complexity index is 425. The summed E-state index contributed by atoms with van der Waals surface area (Å²) in [5.74, 6) is 0.695. The fourth-order valence-corrected chi connectivity index (χ4v) is 3.35. The van der Waals surface area contributed by atoms with E-state index in [9.17, 15) is 4.79 Å². The molecule has 0 unspecified atom stereocenters. The molecule has 1 amide bonds. The molecule has 1 saturated heterocycles. The molecule has 6 heteroatoms. The minimum absolute atomic E-state index is 0.232. The van der Waals surface area contributed by atoms with Crippen molar-refractivity contribution >= 4 is 17.7 Å². The van der Waals surface area contributed by atoms with E-state index >= 15 is 0 Å². The summed E-state index contributed by atoms with van der Waals surface area (Å²) in [4.78, 5) is 14.3. The highest BCUT2D eigenvalue weighted by molar-refractivity contribution is 7.99. The number of aromatic nitrogens is 3. The van der Waals surface area contributed by atoms with Crippen LogP contribution in [0.25, 0.3) is 0 Å². The van der Waals surface area contributed by atoms with Gasteiger partial charge < -0.3 is 9.47 Å². The van der Waals surface area contributed by atoms with E-state index in [2.05, 4.69) is 24.0 Å². The first-order valence-corrected chi connectivity index (χ1v) is 8.47. The van der Waals surface area contributed by atoms with Crippen molar-refractivity contribution in [2.24, 2.45) is 0 Å². The first kappa shape index (κ1) is 15.4. The number of hydrogen-bond donors (Lipinski definition) is 0. The quantitative estimate of drug-likeness (QED) is 0.802. The molecule has 112 valence electrons. The van der Waals surface area contributed by atoms with Crippen LogP contribution in [0.15, 0.2) is 11.5 Å². The van der Waals surface area contributed by atoms with Crippen molar-refractivity contribution in [1.82, 2.24) is 19.7 Å². The van der Waals surface area contributed by atoms with Crippen molar-refractivity contribution in [3.63, 3.8) is 0 Å². The van der Waals surface area contributed by atoms with Gasteiger partial charge in [-0.3, -0.25) is 4.79 Å². The summed E-state index contributed by atoms with van der Waals surface area (Å²) in [6, 6.07) is 0.323. The predicted molar refractivity (Wildman–Crippen MR) is 80.8 cm³/mol. The van der Waals surface area contributed by atoms with Gasteiger partial charge in [0.1, 0.15) is 6.33 Å². The normalized spacial score (nSPS) is 17.1. The van der Waals surface area contributed by atoms with Crippen molar-refractivity contribution in [3.8, 4) is 0 Å². The van der Waals surface area contributed by atoms with Crippen LogP contribution >= 0.6 is 11.8 Å². The summed E-state index contributed by atoms with van der Waals surface area (Å²) in [7, 11) is 0. The Morgan fingerprint density at radius 2 is 1.90 bits per heavy atom. The third-order valence-corrected chi connectivity index (χ3v) is 4.57. The van der Waals surface area contributed by atoms with Crippen LogP contribution in [-0.4, -0.2) is 44.4 Å². The molecule has 0 aliphatic carbocycles. The van der Waals surface area contributed by atoms with E-state index in [0.29, 0.717) is 11.8 Å². The standard InChI is InChI=1S/C14H24N4OS/c1-12(2)18-11-15-16-14(18)20-10-13(19)17-8-6-4-3-5-7-9-17/h11-12H,3-10H2,1-2H3. The second kappa shape index (κ2) is 7.67. The molecule has 0 N–H and O–H groups in total. The van der Waals surface area contributed by atoms with Gasteiger partial charge in [0.25, 0.3) is 0 Å². The average Bonchev–Trinajstić information content (AvgIpc) is 2.84. The van der Waals surface area contributed by atoms with E-state index in [-0.39, 0.29) is 5.91 Å². The number of nitrogens with zero attached hydrogens (tertiary/aromatic N) is 4. The van der Waals surface area contributed by atoms with Gasteiger partial charge in [0.2, 0.25) is 5.91 Å². The second-order valence-electron chi connectivity index (χ2n) is 5.55. The fourth-order valence-electron chi connectivity index (χ4n) is 2.40. The first-order chi connectivity index (χ1) is 9.68. The maximum Gasteiger partial charge on any atom is 0.233 e. The zero-order valence-electron chi connectivity index (χ0n) is 12.4. The van der Waals surface area contributed by atoms with Gasteiger partial charge in [0, 0.05) is 19.1 Å². The van der Waals surface area contributed by atoms with Crippen LogP contribution in [-0.2, 0) is 4.79 Å². The topological polar surface area (TPSA) is 51.0 Å². The SMILES string of the molecule is CC(C)n1cnnc1SCC(=O)N1CCCCCCC1. The van der Waals surface area contributed by atoms with Crippen molar-refractivity contribution in [2.75, 3.05) is 18.8 Å². The van der Waals surface area contributed by atoms with Gasteiger partial charge in [-0.2, -0.15) is 0 Å². The maximum atomic E-state index is 12.3. The fraction of sp³-hybridized carbons (Fsp3) is 0.786. The van der Waals surface area contributed by atoms with E-state index in [0.717, 1.165) is 31.1 Å². The Morgan fingerprint density at radius 1 is 1.25 bits per heavy atom. The molecule has 1 aliphatic rings. The predicted octanol–water partition coefficient (Wildman–Crippen LogP) is 2.74. The molecule has 20 heavy (non-hydrogen) atoms. The van der Waals surface area contributed by atoms with Gasteiger partial charge in [-0.05, 0) is 26.7 Å². The lowest BCUT2D eigenvalue weighted by Gasteiger charge is -2.24. The average molecular weight is 296 g/mol. The molecular formula is C14H24N4OS. The van der Waals surface area contributed by atoms with Crippen LogP contribution in [0.3, 0.4) is 0 Å². The monoisotopic (exact) mass is 296 g/mol. The highest BCUT2D eigenvalue weighted by Gasteiger charge is 2.16. The zero-order chi connectivity index (χ0) is 14.4. The van der Waals surface area contributed by atoms with E-state index < -0.39 is 0 Å². The Balaban J connectivity index is 1.85.